The zero-order valence-corrected chi connectivity index (χ0v) is 9.93. The van der Waals surface area contributed by atoms with Gasteiger partial charge in [0.2, 0.25) is 5.91 Å². The number of carbonyl (C=O) groups is 1. The van der Waals surface area contributed by atoms with Gasteiger partial charge in [-0.15, -0.1) is 0 Å². The number of amides is 1. The van der Waals surface area contributed by atoms with Gasteiger partial charge in [-0.2, -0.15) is 0 Å². The molecule has 1 aliphatic rings. The van der Waals surface area contributed by atoms with E-state index >= 15 is 0 Å². The molecule has 0 saturated carbocycles. The second kappa shape index (κ2) is 4.75. The molecule has 1 saturated heterocycles. The molecule has 0 bridgehead atoms. The van der Waals surface area contributed by atoms with Gasteiger partial charge in [0, 0.05) is 13.5 Å². The van der Waals surface area contributed by atoms with Gasteiger partial charge in [0.25, 0.3) is 0 Å². The number of ether oxygens (including phenoxy) is 1. The van der Waals surface area contributed by atoms with E-state index in [1.54, 1.807) is 4.90 Å². The van der Waals surface area contributed by atoms with Crippen LogP contribution >= 0.6 is 0 Å². The predicted octanol–water partition coefficient (Wildman–Crippen LogP) is 1.05. The first kappa shape index (κ1) is 11.9. The van der Waals surface area contributed by atoms with E-state index in [-0.39, 0.29) is 12.5 Å². The Kier molecular flexibility index (Phi) is 3.33. The number of para-hydroxylation sites is 1. The molecule has 17 heavy (non-hydrogen) atoms. The second-order valence-electron chi connectivity index (χ2n) is 4.52. The number of hydrogen-bond donors (Lipinski definition) is 1. The summed E-state index contributed by atoms with van der Waals surface area (Å²) in [7, 11) is 0. The number of carbonyl (C=O) groups excluding carboxylic acids is 1. The second-order valence-corrected chi connectivity index (χ2v) is 4.52. The van der Waals surface area contributed by atoms with Gasteiger partial charge in [-0.25, -0.2) is 0 Å². The molecule has 4 nitrogen and oxygen atoms in total. The van der Waals surface area contributed by atoms with Crippen LogP contribution in [0.1, 0.15) is 13.3 Å². The normalized spacial score (nSPS) is 23.8. The Balaban J connectivity index is 1.89. The first-order chi connectivity index (χ1) is 8.09. The SMILES string of the molecule is CC(=O)N1CC[C@@](O)(COc2ccccc2)C1. The quantitative estimate of drug-likeness (QED) is 0.852. The molecule has 1 aromatic carbocycles. The van der Waals surface area contributed by atoms with Crippen LogP contribution in [0.5, 0.6) is 5.75 Å². The van der Waals surface area contributed by atoms with Crippen molar-refractivity contribution in [3.8, 4) is 5.75 Å². The van der Waals surface area contributed by atoms with Crippen LogP contribution in [0.25, 0.3) is 0 Å². The van der Waals surface area contributed by atoms with E-state index in [0.29, 0.717) is 19.5 Å². The lowest BCUT2D eigenvalue weighted by Gasteiger charge is -2.23. The average molecular weight is 235 g/mol. The minimum absolute atomic E-state index is 0.000589. The summed E-state index contributed by atoms with van der Waals surface area (Å²) in [5, 5.41) is 10.3. The Hall–Kier alpha value is -1.55. The molecule has 0 aliphatic carbocycles. The van der Waals surface area contributed by atoms with Crippen molar-refractivity contribution in [1.82, 2.24) is 4.90 Å². The molecule has 1 aliphatic heterocycles. The smallest absolute Gasteiger partial charge is 0.219 e. The van der Waals surface area contributed by atoms with Crippen LogP contribution in [-0.4, -0.2) is 41.2 Å². The van der Waals surface area contributed by atoms with Crippen molar-refractivity contribution in [3.05, 3.63) is 30.3 Å². The number of aliphatic hydroxyl groups is 1. The minimum Gasteiger partial charge on any atom is -0.491 e. The molecular weight excluding hydrogens is 218 g/mol. The summed E-state index contributed by atoms with van der Waals surface area (Å²) in [4.78, 5) is 12.8. The van der Waals surface area contributed by atoms with Crippen LogP contribution in [-0.2, 0) is 4.79 Å². The highest BCUT2D eigenvalue weighted by atomic mass is 16.5. The average Bonchev–Trinajstić information content (AvgIpc) is 2.72. The maximum Gasteiger partial charge on any atom is 0.219 e. The fraction of sp³-hybridized carbons (Fsp3) is 0.462. The lowest BCUT2D eigenvalue weighted by Crippen LogP contribution is -2.40. The number of nitrogens with zero attached hydrogens (tertiary/aromatic N) is 1. The van der Waals surface area contributed by atoms with E-state index in [2.05, 4.69) is 0 Å². The lowest BCUT2D eigenvalue weighted by molar-refractivity contribution is -0.129. The minimum atomic E-state index is -0.915. The molecule has 1 atom stereocenters. The molecule has 1 heterocycles. The molecule has 0 unspecified atom stereocenters. The van der Waals surface area contributed by atoms with E-state index in [9.17, 15) is 9.90 Å². The number of rotatable bonds is 3. The largest absolute Gasteiger partial charge is 0.491 e. The van der Waals surface area contributed by atoms with Crippen LogP contribution in [0, 0.1) is 0 Å². The molecule has 0 aromatic heterocycles. The number of likely N-dealkylation sites (tertiary alicyclic amines) is 1. The highest BCUT2D eigenvalue weighted by Gasteiger charge is 2.37. The highest BCUT2D eigenvalue weighted by Crippen LogP contribution is 2.22. The highest BCUT2D eigenvalue weighted by molar-refractivity contribution is 5.73. The van der Waals surface area contributed by atoms with Crippen molar-refractivity contribution >= 4 is 5.91 Å². The van der Waals surface area contributed by atoms with Crippen molar-refractivity contribution < 1.29 is 14.6 Å². The summed E-state index contributed by atoms with van der Waals surface area (Å²) in [6.45, 7) is 2.70. The predicted molar refractivity (Wildman–Crippen MR) is 63.8 cm³/mol. The molecule has 4 heteroatoms. The molecule has 0 radical (unpaired) electrons. The Morgan fingerprint density at radius 1 is 1.47 bits per heavy atom. The van der Waals surface area contributed by atoms with Crippen molar-refractivity contribution in [2.24, 2.45) is 0 Å². The third kappa shape index (κ3) is 2.97. The fourth-order valence-corrected chi connectivity index (χ4v) is 1.98. The standard InChI is InChI=1S/C13H17NO3/c1-11(15)14-8-7-13(16,9-14)10-17-12-5-3-2-4-6-12/h2-6,16H,7-10H2,1H3/t13-/m0/s1. The van der Waals surface area contributed by atoms with Crippen molar-refractivity contribution in [3.63, 3.8) is 0 Å². The van der Waals surface area contributed by atoms with Gasteiger partial charge in [0.1, 0.15) is 18.0 Å². The summed E-state index contributed by atoms with van der Waals surface area (Å²) in [6, 6.07) is 9.38. The van der Waals surface area contributed by atoms with Crippen LogP contribution in [0.15, 0.2) is 30.3 Å². The third-order valence-corrected chi connectivity index (χ3v) is 3.03. The Morgan fingerprint density at radius 2 is 2.18 bits per heavy atom. The maximum atomic E-state index is 11.2. The summed E-state index contributed by atoms with van der Waals surface area (Å²) < 4.78 is 5.53. The zero-order valence-electron chi connectivity index (χ0n) is 9.93. The van der Waals surface area contributed by atoms with E-state index in [1.165, 1.54) is 6.92 Å². The van der Waals surface area contributed by atoms with Crippen LogP contribution < -0.4 is 4.74 Å². The van der Waals surface area contributed by atoms with Gasteiger partial charge >= 0.3 is 0 Å². The van der Waals surface area contributed by atoms with E-state index in [0.717, 1.165) is 5.75 Å². The fourth-order valence-electron chi connectivity index (χ4n) is 1.98. The van der Waals surface area contributed by atoms with Gasteiger partial charge in [0.15, 0.2) is 0 Å². The van der Waals surface area contributed by atoms with E-state index in [1.807, 2.05) is 30.3 Å². The molecule has 92 valence electrons. The van der Waals surface area contributed by atoms with Crippen LogP contribution in [0.3, 0.4) is 0 Å². The summed E-state index contributed by atoms with van der Waals surface area (Å²) in [6.07, 6.45) is 0.569. The Bertz CT molecular complexity index is 393. The number of hydrogen-bond acceptors (Lipinski definition) is 3. The van der Waals surface area contributed by atoms with E-state index in [4.69, 9.17) is 4.74 Å². The lowest BCUT2D eigenvalue weighted by atomic mass is 10.1. The summed E-state index contributed by atoms with van der Waals surface area (Å²) >= 11 is 0. The maximum absolute atomic E-state index is 11.2. The first-order valence-corrected chi connectivity index (χ1v) is 5.75. The van der Waals surface area contributed by atoms with Crippen molar-refractivity contribution in [1.29, 1.82) is 0 Å². The molecule has 1 aromatic rings. The van der Waals surface area contributed by atoms with Gasteiger partial charge < -0.3 is 14.7 Å². The Labute approximate surface area is 101 Å². The molecule has 2 rings (SSSR count). The summed E-state index contributed by atoms with van der Waals surface area (Å²) in [5.74, 6) is 0.739. The van der Waals surface area contributed by atoms with Gasteiger partial charge in [-0.05, 0) is 18.6 Å². The first-order valence-electron chi connectivity index (χ1n) is 5.75. The van der Waals surface area contributed by atoms with Gasteiger partial charge in [-0.1, -0.05) is 18.2 Å². The third-order valence-electron chi connectivity index (χ3n) is 3.03. The monoisotopic (exact) mass is 235 g/mol. The molecule has 1 fully saturated rings. The topological polar surface area (TPSA) is 49.8 Å². The Morgan fingerprint density at radius 3 is 2.76 bits per heavy atom. The molecule has 1 N–H and O–H groups in total. The van der Waals surface area contributed by atoms with E-state index < -0.39 is 5.60 Å². The number of β-amino-alcohol motifs (C(OH)–C–C–N with tert-alkyl or cyclic N) is 1. The molecule has 1 amide bonds. The van der Waals surface area contributed by atoms with Crippen molar-refractivity contribution in [2.75, 3.05) is 19.7 Å². The number of benzene rings is 1. The molecular formula is C13H17NO3. The van der Waals surface area contributed by atoms with Crippen LogP contribution in [0.4, 0.5) is 0 Å². The molecule has 0 spiro atoms. The van der Waals surface area contributed by atoms with Crippen molar-refractivity contribution in [2.45, 2.75) is 18.9 Å². The van der Waals surface area contributed by atoms with Gasteiger partial charge in [-0.3, -0.25) is 4.79 Å². The van der Waals surface area contributed by atoms with Crippen LogP contribution in [0.2, 0.25) is 0 Å². The zero-order chi connectivity index (χ0) is 12.3. The summed E-state index contributed by atoms with van der Waals surface area (Å²) in [5.41, 5.74) is -0.915. The van der Waals surface area contributed by atoms with Gasteiger partial charge in [0.05, 0.1) is 6.54 Å².